The molecule has 1 amide bonds. The van der Waals surface area contributed by atoms with E-state index in [0.29, 0.717) is 26.2 Å². The SMILES string of the molecule is O=C(C1CCCC1)N1CCN(C[C@@H](O)c2cc(F)ccc2F)CC1. The molecule has 2 fully saturated rings. The molecule has 1 saturated carbocycles. The predicted molar refractivity (Wildman–Crippen MR) is 86.3 cm³/mol. The van der Waals surface area contributed by atoms with E-state index in [4.69, 9.17) is 0 Å². The van der Waals surface area contributed by atoms with Gasteiger partial charge in [-0.25, -0.2) is 8.78 Å². The number of piperazine rings is 1. The van der Waals surface area contributed by atoms with Crippen LogP contribution in [-0.4, -0.2) is 53.5 Å². The van der Waals surface area contributed by atoms with E-state index in [0.717, 1.165) is 43.9 Å². The lowest BCUT2D eigenvalue weighted by molar-refractivity contribution is -0.137. The molecule has 0 spiro atoms. The van der Waals surface area contributed by atoms with Crippen LogP contribution in [0.15, 0.2) is 18.2 Å². The van der Waals surface area contributed by atoms with Gasteiger partial charge in [0.05, 0.1) is 6.10 Å². The molecular weight excluding hydrogens is 314 g/mol. The zero-order valence-electron chi connectivity index (χ0n) is 13.8. The van der Waals surface area contributed by atoms with Crippen molar-refractivity contribution in [3.05, 3.63) is 35.4 Å². The number of aliphatic hydroxyl groups is 1. The number of halogens is 2. The molecule has 3 rings (SSSR count). The zero-order chi connectivity index (χ0) is 17.1. The monoisotopic (exact) mass is 338 g/mol. The van der Waals surface area contributed by atoms with Crippen LogP contribution in [0.4, 0.5) is 8.78 Å². The number of hydrogen-bond donors (Lipinski definition) is 1. The topological polar surface area (TPSA) is 43.8 Å². The van der Waals surface area contributed by atoms with Gasteiger partial charge in [0.2, 0.25) is 5.91 Å². The maximum Gasteiger partial charge on any atom is 0.225 e. The third kappa shape index (κ3) is 3.92. The minimum Gasteiger partial charge on any atom is -0.387 e. The second-order valence-electron chi connectivity index (χ2n) is 6.79. The Hall–Kier alpha value is -1.53. The van der Waals surface area contributed by atoms with E-state index >= 15 is 0 Å². The molecule has 1 atom stereocenters. The van der Waals surface area contributed by atoms with E-state index in [9.17, 15) is 18.7 Å². The van der Waals surface area contributed by atoms with E-state index < -0.39 is 17.7 Å². The number of carbonyl (C=O) groups is 1. The van der Waals surface area contributed by atoms with Crippen molar-refractivity contribution in [1.29, 1.82) is 0 Å². The minimum absolute atomic E-state index is 0.0144. The quantitative estimate of drug-likeness (QED) is 0.916. The van der Waals surface area contributed by atoms with Crippen molar-refractivity contribution in [2.24, 2.45) is 5.92 Å². The molecule has 6 heteroatoms. The minimum atomic E-state index is -1.07. The number of aliphatic hydroxyl groups excluding tert-OH is 1. The van der Waals surface area contributed by atoms with Gasteiger partial charge in [0.25, 0.3) is 0 Å². The molecule has 2 aliphatic rings. The Morgan fingerprint density at radius 3 is 2.50 bits per heavy atom. The summed E-state index contributed by atoms with van der Waals surface area (Å²) in [6, 6.07) is 3.12. The highest BCUT2D eigenvalue weighted by atomic mass is 19.1. The zero-order valence-corrected chi connectivity index (χ0v) is 13.8. The first kappa shape index (κ1) is 17.3. The van der Waals surface area contributed by atoms with E-state index in [1.54, 1.807) is 0 Å². The van der Waals surface area contributed by atoms with Crippen LogP contribution in [0.5, 0.6) is 0 Å². The second kappa shape index (κ2) is 7.57. The lowest BCUT2D eigenvalue weighted by atomic mass is 10.1. The number of nitrogens with zero attached hydrogens (tertiary/aromatic N) is 2. The molecule has 1 aromatic rings. The third-order valence-corrected chi connectivity index (χ3v) is 5.14. The van der Waals surface area contributed by atoms with E-state index in [-0.39, 0.29) is 23.9 Å². The Kier molecular flexibility index (Phi) is 5.46. The maximum absolute atomic E-state index is 13.7. The van der Waals surface area contributed by atoms with Gasteiger partial charge in [0.1, 0.15) is 11.6 Å². The van der Waals surface area contributed by atoms with Gasteiger partial charge in [-0.2, -0.15) is 0 Å². The summed E-state index contributed by atoms with van der Waals surface area (Å²) >= 11 is 0. The Morgan fingerprint density at radius 2 is 1.83 bits per heavy atom. The molecule has 1 saturated heterocycles. The number of carbonyl (C=O) groups excluding carboxylic acids is 1. The Bertz CT molecular complexity index is 582. The van der Waals surface area contributed by atoms with Crippen LogP contribution in [0.25, 0.3) is 0 Å². The highest BCUT2D eigenvalue weighted by molar-refractivity contribution is 5.79. The number of rotatable bonds is 4. The molecule has 1 aliphatic carbocycles. The fourth-order valence-electron chi connectivity index (χ4n) is 3.69. The van der Waals surface area contributed by atoms with Gasteiger partial charge >= 0.3 is 0 Å². The fourth-order valence-corrected chi connectivity index (χ4v) is 3.69. The summed E-state index contributed by atoms with van der Waals surface area (Å²) in [6.45, 7) is 2.80. The first-order chi connectivity index (χ1) is 11.5. The Morgan fingerprint density at radius 1 is 1.17 bits per heavy atom. The molecule has 1 aliphatic heterocycles. The molecule has 1 N–H and O–H groups in total. The van der Waals surface area contributed by atoms with Crippen LogP contribution < -0.4 is 0 Å². The van der Waals surface area contributed by atoms with Gasteiger partial charge in [0.15, 0.2) is 0 Å². The van der Waals surface area contributed by atoms with Gasteiger partial charge in [-0.15, -0.1) is 0 Å². The summed E-state index contributed by atoms with van der Waals surface area (Å²) in [7, 11) is 0. The molecule has 4 nitrogen and oxygen atoms in total. The van der Waals surface area contributed by atoms with Crippen molar-refractivity contribution in [3.8, 4) is 0 Å². The first-order valence-corrected chi connectivity index (χ1v) is 8.69. The lowest BCUT2D eigenvalue weighted by Crippen LogP contribution is -2.50. The summed E-state index contributed by atoms with van der Waals surface area (Å²) in [6.07, 6.45) is 3.20. The smallest absolute Gasteiger partial charge is 0.225 e. The normalized spacial score (nSPS) is 21.2. The van der Waals surface area contributed by atoms with Crippen molar-refractivity contribution in [3.63, 3.8) is 0 Å². The van der Waals surface area contributed by atoms with Crippen molar-refractivity contribution in [2.45, 2.75) is 31.8 Å². The van der Waals surface area contributed by atoms with E-state index in [2.05, 4.69) is 0 Å². The summed E-state index contributed by atoms with van der Waals surface area (Å²) < 4.78 is 27.0. The van der Waals surface area contributed by atoms with E-state index in [1.807, 2.05) is 9.80 Å². The molecule has 0 aromatic heterocycles. The van der Waals surface area contributed by atoms with Crippen LogP contribution in [0, 0.1) is 17.6 Å². The van der Waals surface area contributed by atoms with E-state index in [1.165, 1.54) is 0 Å². The van der Waals surface area contributed by atoms with Crippen LogP contribution in [0.3, 0.4) is 0 Å². The van der Waals surface area contributed by atoms with Crippen LogP contribution in [-0.2, 0) is 4.79 Å². The maximum atomic E-state index is 13.7. The van der Waals surface area contributed by atoms with Gasteiger partial charge in [0, 0.05) is 44.2 Å². The fraction of sp³-hybridized carbons (Fsp3) is 0.611. The molecule has 24 heavy (non-hydrogen) atoms. The number of hydrogen-bond acceptors (Lipinski definition) is 3. The van der Waals surface area contributed by atoms with Crippen molar-refractivity contribution < 1.29 is 18.7 Å². The summed E-state index contributed by atoms with van der Waals surface area (Å²) in [5, 5.41) is 10.2. The highest BCUT2D eigenvalue weighted by Gasteiger charge is 2.30. The van der Waals surface area contributed by atoms with Crippen molar-refractivity contribution >= 4 is 5.91 Å². The van der Waals surface area contributed by atoms with Crippen LogP contribution >= 0.6 is 0 Å². The average Bonchev–Trinajstić information content (AvgIpc) is 3.11. The van der Waals surface area contributed by atoms with Gasteiger partial charge in [-0.3, -0.25) is 9.69 Å². The van der Waals surface area contributed by atoms with Crippen molar-refractivity contribution in [2.75, 3.05) is 32.7 Å². The van der Waals surface area contributed by atoms with Crippen LogP contribution in [0.2, 0.25) is 0 Å². The molecule has 0 unspecified atom stereocenters. The van der Waals surface area contributed by atoms with Gasteiger partial charge in [-0.1, -0.05) is 12.8 Å². The molecule has 132 valence electrons. The molecule has 0 radical (unpaired) electrons. The number of benzene rings is 1. The average molecular weight is 338 g/mol. The summed E-state index contributed by atoms with van der Waals surface area (Å²) in [5.74, 6) is -0.719. The first-order valence-electron chi connectivity index (χ1n) is 8.69. The third-order valence-electron chi connectivity index (χ3n) is 5.14. The van der Waals surface area contributed by atoms with Gasteiger partial charge < -0.3 is 10.0 Å². The molecular formula is C18H24F2N2O2. The molecule has 1 heterocycles. The lowest BCUT2D eigenvalue weighted by Gasteiger charge is -2.36. The molecule has 0 bridgehead atoms. The predicted octanol–water partition coefficient (Wildman–Crippen LogP) is 2.33. The largest absolute Gasteiger partial charge is 0.387 e. The number of β-amino-alcohol motifs (C(OH)–C–C–N with tert-alkyl or cyclic N) is 1. The highest BCUT2D eigenvalue weighted by Crippen LogP contribution is 2.27. The van der Waals surface area contributed by atoms with Gasteiger partial charge in [-0.05, 0) is 31.0 Å². The standard InChI is InChI=1S/C18H24F2N2O2/c19-14-5-6-16(20)15(11-14)17(23)12-21-7-9-22(10-8-21)18(24)13-3-1-2-4-13/h5-6,11,13,17,23H,1-4,7-10,12H2/t17-/m1/s1. The number of amides is 1. The van der Waals surface area contributed by atoms with Crippen LogP contribution in [0.1, 0.15) is 37.4 Å². The summed E-state index contributed by atoms with van der Waals surface area (Å²) in [5.41, 5.74) is -0.0144. The Labute approximate surface area is 141 Å². The Balaban J connectivity index is 1.51. The summed E-state index contributed by atoms with van der Waals surface area (Å²) in [4.78, 5) is 16.3. The van der Waals surface area contributed by atoms with Crippen molar-refractivity contribution in [1.82, 2.24) is 9.80 Å². The second-order valence-corrected chi connectivity index (χ2v) is 6.79. The molecule has 1 aromatic carbocycles.